The van der Waals surface area contributed by atoms with Crippen molar-refractivity contribution in [3.05, 3.63) is 30.6 Å². The van der Waals surface area contributed by atoms with Crippen LogP contribution >= 0.6 is 0 Å². The largest absolute Gasteiger partial charge is 0.379 e. The average Bonchev–Trinajstić information content (AvgIpc) is 3.19. The van der Waals surface area contributed by atoms with Crippen molar-refractivity contribution in [2.75, 3.05) is 25.1 Å². The molecule has 3 aliphatic rings. The van der Waals surface area contributed by atoms with Crippen molar-refractivity contribution < 1.29 is 9.53 Å². The Kier molecular flexibility index (Phi) is 4.09. The highest BCUT2D eigenvalue weighted by atomic mass is 16.5. The van der Waals surface area contributed by atoms with Gasteiger partial charge >= 0.3 is 6.03 Å². The van der Waals surface area contributed by atoms with E-state index in [2.05, 4.69) is 37.4 Å². The topological polar surface area (TPSA) is 88.1 Å². The van der Waals surface area contributed by atoms with E-state index in [0.717, 1.165) is 73.1 Å². The standard InChI is InChI=1S/C22H26N6O2/c29-21(27-9-2-1-6-22(27)7-8-22)25-18-13-23-26-20(18)15-3-4-16-12-24-28(19(16)11-15)17-5-10-30-14-17/h3-4,11-13,17H,1-2,5-10,14H2,(H,23,26)(H,25,29). The van der Waals surface area contributed by atoms with Gasteiger partial charge in [-0.1, -0.05) is 12.1 Å². The number of rotatable bonds is 3. The minimum atomic E-state index is -0.0101. The lowest BCUT2D eigenvalue weighted by molar-refractivity contribution is 0.151. The van der Waals surface area contributed by atoms with Crippen LogP contribution in [-0.2, 0) is 4.74 Å². The number of urea groups is 1. The van der Waals surface area contributed by atoms with Gasteiger partial charge in [-0.3, -0.25) is 9.78 Å². The third kappa shape index (κ3) is 2.89. The van der Waals surface area contributed by atoms with Gasteiger partial charge in [0.05, 0.1) is 41.9 Å². The summed E-state index contributed by atoms with van der Waals surface area (Å²) in [7, 11) is 0. The first-order valence-electron chi connectivity index (χ1n) is 10.9. The van der Waals surface area contributed by atoms with Crippen LogP contribution in [0.3, 0.4) is 0 Å². The summed E-state index contributed by atoms with van der Waals surface area (Å²) in [6.45, 7) is 2.32. The number of nitrogens with one attached hydrogen (secondary N) is 2. The Bertz CT molecular complexity index is 1090. The Morgan fingerprint density at radius 3 is 3.00 bits per heavy atom. The van der Waals surface area contributed by atoms with Crippen molar-refractivity contribution in [2.24, 2.45) is 0 Å². The van der Waals surface area contributed by atoms with Crippen LogP contribution in [0.4, 0.5) is 10.5 Å². The normalized spacial score (nSPS) is 22.7. The van der Waals surface area contributed by atoms with E-state index in [4.69, 9.17) is 4.74 Å². The number of nitrogens with zero attached hydrogens (tertiary/aromatic N) is 4. The molecule has 2 N–H and O–H groups in total. The summed E-state index contributed by atoms with van der Waals surface area (Å²) in [4.78, 5) is 15.1. The van der Waals surface area contributed by atoms with Crippen LogP contribution in [0.15, 0.2) is 30.6 Å². The van der Waals surface area contributed by atoms with E-state index < -0.39 is 0 Å². The summed E-state index contributed by atoms with van der Waals surface area (Å²) in [5.41, 5.74) is 3.71. The molecule has 1 unspecified atom stereocenters. The summed E-state index contributed by atoms with van der Waals surface area (Å²) >= 11 is 0. The zero-order valence-electron chi connectivity index (χ0n) is 16.9. The lowest BCUT2D eigenvalue weighted by Crippen LogP contribution is -2.47. The molecule has 1 atom stereocenters. The molecule has 2 saturated heterocycles. The third-order valence-corrected chi connectivity index (χ3v) is 6.94. The lowest BCUT2D eigenvalue weighted by atomic mass is 10.0. The molecular weight excluding hydrogens is 380 g/mol. The van der Waals surface area contributed by atoms with Gasteiger partial charge < -0.3 is 15.0 Å². The maximum absolute atomic E-state index is 13.0. The van der Waals surface area contributed by atoms with Crippen molar-refractivity contribution in [1.29, 1.82) is 0 Å². The highest BCUT2D eigenvalue weighted by Crippen LogP contribution is 2.48. The van der Waals surface area contributed by atoms with Crippen molar-refractivity contribution in [3.63, 3.8) is 0 Å². The van der Waals surface area contributed by atoms with E-state index >= 15 is 0 Å². The number of aromatic amines is 1. The maximum Gasteiger partial charge on any atom is 0.322 e. The number of amides is 2. The molecule has 1 aromatic carbocycles. The van der Waals surface area contributed by atoms with Gasteiger partial charge in [-0.25, -0.2) is 4.79 Å². The molecule has 30 heavy (non-hydrogen) atoms. The molecule has 8 heteroatoms. The smallest absolute Gasteiger partial charge is 0.322 e. The first-order chi connectivity index (χ1) is 14.7. The van der Waals surface area contributed by atoms with Gasteiger partial charge in [0.2, 0.25) is 0 Å². The summed E-state index contributed by atoms with van der Waals surface area (Å²) in [5.74, 6) is 0. The highest BCUT2D eigenvalue weighted by molar-refractivity contribution is 5.95. The van der Waals surface area contributed by atoms with Crippen molar-refractivity contribution in [2.45, 2.75) is 50.1 Å². The molecule has 1 spiro atoms. The van der Waals surface area contributed by atoms with E-state index in [1.165, 1.54) is 6.42 Å². The first-order valence-corrected chi connectivity index (χ1v) is 10.9. The monoisotopic (exact) mass is 406 g/mol. The molecule has 2 amide bonds. The number of H-pyrrole nitrogens is 1. The molecule has 2 aromatic heterocycles. The molecule has 2 aliphatic heterocycles. The maximum atomic E-state index is 13.0. The van der Waals surface area contributed by atoms with E-state index in [1.54, 1.807) is 6.20 Å². The van der Waals surface area contributed by atoms with Gasteiger partial charge in [0.25, 0.3) is 0 Å². The van der Waals surface area contributed by atoms with Crippen molar-refractivity contribution >= 4 is 22.6 Å². The van der Waals surface area contributed by atoms with Gasteiger partial charge in [0.15, 0.2) is 0 Å². The Labute approximate surface area is 174 Å². The zero-order valence-corrected chi connectivity index (χ0v) is 16.9. The number of carbonyl (C=O) groups excluding carboxylic acids is 1. The summed E-state index contributed by atoms with van der Waals surface area (Å²) in [6.07, 6.45) is 10.3. The van der Waals surface area contributed by atoms with Crippen molar-refractivity contribution in [1.82, 2.24) is 24.9 Å². The van der Waals surface area contributed by atoms with Gasteiger partial charge in [-0.2, -0.15) is 10.2 Å². The molecule has 1 aliphatic carbocycles. The Hall–Kier alpha value is -2.87. The number of hydrogen-bond donors (Lipinski definition) is 2. The second-order valence-corrected chi connectivity index (χ2v) is 8.80. The number of likely N-dealkylation sites (tertiary alicyclic amines) is 1. The molecule has 0 radical (unpaired) electrons. The SMILES string of the molecule is O=C(Nc1cn[nH]c1-c1ccc2cnn(C3CCOC3)c2c1)N1CCCCC12CC2. The molecule has 0 bridgehead atoms. The highest BCUT2D eigenvalue weighted by Gasteiger charge is 2.51. The molecule has 3 fully saturated rings. The quantitative estimate of drug-likeness (QED) is 0.690. The van der Waals surface area contributed by atoms with Gasteiger partial charge in [0, 0.05) is 29.6 Å². The van der Waals surface area contributed by atoms with Crippen LogP contribution in [0.2, 0.25) is 0 Å². The fourth-order valence-electron chi connectivity index (χ4n) is 5.06. The molecule has 156 valence electrons. The van der Waals surface area contributed by atoms with Gasteiger partial charge in [-0.15, -0.1) is 0 Å². The van der Waals surface area contributed by atoms with Crippen LogP contribution in [0, 0.1) is 0 Å². The Balaban J connectivity index is 1.29. The zero-order chi connectivity index (χ0) is 20.1. The molecule has 4 heterocycles. The molecule has 3 aromatic rings. The predicted octanol–water partition coefficient (Wildman–Crippen LogP) is 3.94. The summed E-state index contributed by atoms with van der Waals surface area (Å²) in [6, 6.07) is 6.50. The predicted molar refractivity (Wildman–Crippen MR) is 113 cm³/mol. The van der Waals surface area contributed by atoms with Crippen LogP contribution in [0.1, 0.15) is 44.6 Å². The van der Waals surface area contributed by atoms with Gasteiger partial charge in [0.1, 0.15) is 0 Å². The van der Waals surface area contributed by atoms with Crippen LogP contribution in [0.25, 0.3) is 22.2 Å². The molecule has 6 rings (SSSR count). The average molecular weight is 406 g/mol. The number of hydrogen-bond acceptors (Lipinski definition) is 4. The Morgan fingerprint density at radius 2 is 2.17 bits per heavy atom. The molecule has 8 nitrogen and oxygen atoms in total. The number of piperidine rings is 1. The second kappa shape index (κ2) is 6.84. The molecular formula is C22H26N6O2. The minimum absolute atomic E-state index is 0.0101. The number of fused-ring (bicyclic) bond motifs is 1. The van der Waals surface area contributed by atoms with Crippen molar-refractivity contribution in [3.8, 4) is 11.3 Å². The Morgan fingerprint density at radius 1 is 1.23 bits per heavy atom. The van der Waals surface area contributed by atoms with E-state index in [9.17, 15) is 4.79 Å². The summed E-state index contributed by atoms with van der Waals surface area (Å²) in [5, 5.41) is 16.1. The van der Waals surface area contributed by atoms with Crippen LogP contribution < -0.4 is 5.32 Å². The molecule has 1 saturated carbocycles. The minimum Gasteiger partial charge on any atom is -0.379 e. The number of benzene rings is 1. The second-order valence-electron chi connectivity index (χ2n) is 8.80. The van der Waals surface area contributed by atoms with Crippen LogP contribution in [-0.4, -0.2) is 56.2 Å². The lowest BCUT2D eigenvalue weighted by Gasteiger charge is -2.36. The first kappa shape index (κ1) is 17.9. The number of anilines is 1. The van der Waals surface area contributed by atoms with Crippen LogP contribution in [0.5, 0.6) is 0 Å². The number of aromatic nitrogens is 4. The number of carbonyl (C=O) groups is 1. The van der Waals surface area contributed by atoms with E-state index in [1.807, 2.05) is 17.2 Å². The van der Waals surface area contributed by atoms with E-state index in [-0.39, 0.29) is 17.6 Å². The third-order valence-electron chi connectivity index (χ3n) is 6.94. The summed E-state index contributed by atoms with van der Waals surface area (Å²) < 4.78 is 7.61. The fraction of sp³-hybridized carbons (Fsp3) is 0.500. The van der Waals surface area contributed by atoms with Gasteiger partial charge in [-0.05, 0) is 44.6 Å². The number of ether oxygens (including phenoxy) is 1. The fourth-order valence-corrected chi connectivity index (χ4v) is 5.06. The van der Waals surface area contributed by atoms with E-state index in [0.29, 0.717) is 6.61 Å².